The van der Waals surface area contributed by atoms with Gasteiger partial charge in [-0.1, -0.05) is 6.92 Å². The lowest BCUT2D eigenvalue weighted by Gasteiger charge is -2.48. The van der Waals surface area contributed by atoms with Crippen LogP contribution < -0.4 is 5.73 Å². The lowest BCUT2D eigenvalue weighted by Crippen LogP contribution is -2.58. The Balaban J connectivity index is 2.64. The minimum absolute atomic E-state index is 0.165. The Kier molecular flexibility index (Phi) is 4.56. The summed E-state index contributed by atoms with van der Waals surface area (Å²) in [7, 11) is 1.81. The van der Waals surface area contributed by atoms with Crippen molar-refractivity contribution < 1.29 is 4.74 Å². The van der Waals surface area contributed by atoms with Crippen molar-refractivity contribution in [2.75, 3.05) is 20.2 Å². The van der Waals surface area contributed by atoms with Crippen LogP contribution in [0.3, 0.4) is 0 Å². The zero-order valence-electron chi connectivity index (χ0n) is 10.6. The Hall–Kier alpha value is -0.120. The Morgan fingerprint density at radius 1 is 1.53 bits per heavy atom. The van der Waals surface area contributed by atoms with E-state index >= 15 is 0 Å². The second-order valence-electron chi connectivity index (χ2n) is 4.98. The Morgan fingerprint density at radius 2 is 2.20 bits per heavy atom. The molecule has 3 unspecified atom stereocenters. The maximum Gasteiger partial charge on any atom is 0.0598 e. The summed E-state index contributed by atoms with van der Waals surface area (Å²) in [5.41, 5.74) is 6.07. The van der Waals surface area contributed by atoms with Crippen LogP contribution in [-0.4, -0.2) is 42.8 Å². The maximum absolute atomic E-state index is 5.90. The Bertz CT molecular complexity index is 192. The molecule has 0 spiro atoms. The van der Waals surface area contributed by atoms with Gasteiger partial charge >= 0.3 is 0 Å². The van der Waals surface area contributed by atoms with Crippen LogP contribution >= 0.6 is 0 Å². The molecule has 0 aromatic rings. The third-order valence-electron chi connectivity index (χ3n) is 4.06. The molecule has 3 heteroatoms. The van der Waals surface area contributed by atoms with Crippen molar-refractivity contribution in [3.8, 4) is 0 Å². The summed E-state index contributed by atoms with van der Waals surface area (Å²) in [5.74, 6) is 0. The number of hydrogen-bond donors (Lipinski definition) is 1. The van der Waals surface area contributed by atoms with Gasteiger partial charge in [-0.15, -0.1) is 0 Å². The molecule has 15 heavy (non-hydrogen) atoms. The van der Waals surface area contributed by atoms with Crippen molar-refractivity contribution in [2.24, 2.45) is 5.73 Å². The van der Waals surface area contributed by atoms with Crippen molar-refractivity contribution >= 4 is 0 Å². The normalized spacial score (nSPS) is 32.6. The molecule has 1 fully saturated rings. The van der Waals surface area contributed by atoms with Crippen LogP contribution in [-0.2, 0) is 4.74 Å². The maximum atomic E-state index is 5.90. The average molecular weight is 214 g/mol. The molecular formula is C12H26N2O. The topological polar surface area (TPSA) is 38.5 Å². The van der Waals surface area contributed by atoms with Crippen LogP contribution in [0.2, 0.25) is 0 Å². The fourth-order valence-electron chi connectivity index (χ4n) is 2.61. The van der Waals surface area contributed by atoms with E-state index in [1.165, 1.54) is 0 Å². The van der Waals surface area contributed by atoms with Gasteiger partial charge in [-0.05, 0) is 33.1 Å². The largest absolute Gasteiger partial charge is 0.381 e. The number of rotatable bonds is 4. The standard InChI is InChI=1S/C12H26N2O/c1-5-12(3,9-13)14-7-6-11(15-4)8-10(14)2/h10-11H,5-9,13H2,1-4H3. The van der Waals surface area contributed by atoms with E-state index in [-0.39, 0.29) is 5.54 Å². The van der Waals surface area contributed by atoms with E-state index in [0.717, 1.165) is 32.4 Å². The molecule has 0 amide bonds. The highest BCUT2D eigenvalue weighted by Crippen LogP contribution is 2.28. The summed E-state index contributed by atoms with van der Waals surface area (Å²) in [6.07, 6.45) is 3.82. The molecule has 1 rings (SSSR count). The van der Waals surface area contributed by atoms with Gasteiger partial charge in [-0.2, -0.15) is 0 Å². The van der Waals surface area contributed by atoms with E-state index in [2.05, 4.69) is 25.7 Å². The first kappa shape index (κ1) is 12.9. The highest BCUT2D eigenvalue weighted by Gasteiger charge is 2.36. The fraction of sp³-hybridized carbons (Fsp3) is 1.00. The number of nitrogens with two attached hydrogens (primary N) is 1. The molecule has 0 bridgehead atoms. The first-order valence-electron chi connectivity index (χ1n) is 6.07. The number of likely N-dealkylation sites (tertiary alicyclic amines) is 1. The summed E-state index contributed by atoms with van der Waals surface area (Å²) >= 11 is 0. The van der Waals surface area contributed by atoms with Crippen LogP contribution in [0.1, 0.15) is 40.0 Å². The van der Waals surface area contributed by atoms with Crippen molar-refractivity contribution in [3.63, 3.8) is 0 Å². The molecule has 3 atom stereocenters. The second kappa shape index (κ2) is 5.28. The minimum Gasteiger partial charge on any atom is -0.381 e. The number of nitrogens with zero attached hydrogens (tertiary/aromatic N) is 1. The van der Waals surface area contributed by atoms with Crippen molar-refractivity contribution in [2.45, 2.75) is 57.7 Å². The highest BCUT2D eigenvalue weighted by atomic mass is 16.5. The van der Waals surface area contributed by atoms with Gasteiger partial charge in [0.1, 0.15) is 0 Å². The van der Waals surface area contributed by atoms with E-state index in [0.29, 0.717) is 12.1 Å². The summed E-state index contributed by atoms with van der Waals surface area (Å²) in [6.45, 7) is 8.64. The predicted molar refractivity (Wildman–Crippen MR) is 63.9 cm³/mol. The van der Waals surface area contributed by atoms with Gasteiger partial charge in [0.2, 0.25) is 0 Å². The third-order valence-corrected chi connectivity index (χ3v) is 4.06. The lowest BCUT2D eigenvalue weighted by atomic mass is 9.89. The summed E-state index contributed by atoms with van der Waals surface area (Å²) in [4.78, 5) is 2.56. The molecular weight excluding hydrogens is 188 g/mol. The molecule has 0 radical (unpaired) electrons. The lowest BCUT2D eigenvalue weighted by molar-refractivity contribution is -0.0289. The van der Waals surface area contributed by atoms with Crippen LogP contribution in [0.5, 0.6) is 0 Å². The van der Waals surface area contributed by atoms with Gasteiger partial charge in [-0.25, -0.2) is 0 Å². The Labute approximate surface area is 94.0 Å². The van der Waals surface area contributed by atoms with Crippen LogP contribution in [0.15, 0.2) is 0 Å². The number of methoxy groups -OCH3 is 1. The minimum atomic E-state index is 0.165. The molecule has 1 aliphatic rings. The van der Waals surface area contributed by atoms with E-state index < -0.39 is 0 Å². The molecule has 90 valence electrons. The molecule has 3 nitrogen and oxygen atoms in total. The van der Waals surface area contributed by atoms with E-state index in [4.69, 9.17) is 10.5 Å². The van der Waals surface area contributed by atoms with E-state index in [1.807, 2.05) is 7.11 Å². The van der Waals surface area contributed by atoms with Crippen molar-refractivity contribution in [1.82, 2.24) is 4.90 Å². The third kappa shape index (κ3) is 2.71. The molecule has 0 aromatic carbocycles. The van der Waals surface area contributed by atoms with Crippen LogP contribution in [0, 0.1) is 0 Å². The molecule has 0 saturated carbocycles. The number of piperidine rings is 1. The summed E-state index contributed by atoms with van der Waals surface area (Å²) in [6, 6.07) is 0.581. The Morgan fingerprint density at radius 3 is 2.60 bits per heavy atom. The van der Waals surface area contributed by atoms with Gasteiger partial charge in [-0.3, -0.25) is 4.90 Å². The van der Waals surface area contributed by atoms with E-state index in [1.54, 1.807) is 0 Å². The number of hydrogen-bond acceptors (Lipinski definition) is 3. The molecule has 2 N–H and O–H groups in total. The molecule has 0 aliphatic carbocycles. The monoisotopic (exact) mass is 214 g/mol. The first-order valence-corrected chi connectivity index (χ1v) is 6.07. The van der Waals surface area contributed by atoms with Gasteiger partial charge in [0.25, 0.3) is 0 Å². The van der Waals surface area contributed by atoms with Gasteiger partial charge < -0.3 is 10.5 Å². The van der Waals surface area contributed by atoms with Gasteiger partial charge in [0.05, 0.1) is 6.10 Å². The van der Waals surface area contributed by atoms with Crippen LogP contribution in [0.4, 0.5) is 0 Å². The summed E-state index contributed by atoms with van der Waals surface area (Å²) in [5, 5.41) is 0. The first-order chi connectivity index (χ1) is 7.07. The molecule has 1 aliphatic heterocycles. The fourth-order valence-corrected chi connectivity index (χ4v) is 2.61. The van der Waals surface area contributed by atoms with E-state index in [9.17, 15) is 0 Å². The molecule has 1 saturated heterocycles. The predicted octanol–water partition coefficient (Wildman–Crippen LogP) is 1.61. The molecule has 0 aromatic heterocycles. The summed E-state index contributed by atoms with van der Waals surface area (Å²) < 4.78 is 5.43. The quantitative estimate of drug-likeness (QED) is 0.773. The smallest absolute Gasteiger partial charge is 0.0598 e. The highest BCUT2D eigenvalue weighted by molar-refractivity contribution is 4.92. The number of ether oxygens (including phenoxy) is 1. The SMILES string of the molecule is CCC(C)(CN)N1CCC(OC)CC1C. The second-order valence-corrected chi connectivity index (χ2v) is 4.98. The van der Waals surface area contributed by atoms with Crippen molar-refractivity contribution in [3.05, 3.63) is 0 Å². The van der Waals surface area contributed by atoms with Crippen LogP contribution in [0.25, 0.3) is 0 Å². The van der Waals surface area contributed by atoms with Crippen molar-refractivity contribution in [1.29, 1.82) is 0 Å². The van der Waals surface area contributed by atoms with Gasteiger partial charge in [0, 0.05) is 31.8 Å². The zero-order valence-corrected chi connectivity index (χ0v) is 10.6. The zero-order chi connectivity index (χ0) is 11.5. The average Bonchev–Trinajstić information content (AvgIpc) is 2.27. The molecule has 1 heterocycles. The van der Waals surface area contributed by atoms with Gasteiger partial charge in [0.15, 0.2) is 0 Å².